The van der Waals surface area contributed by atoms with Gasteiger partial charge in [0, 0.05) is 19.8 Å². The molecule has 2 aromatic rings. The third-order valence-electron chi connectivity index (χ3n) is 2.83. The second-order valence-corrected chi connectivity index (χ2v) is 5.19. The number of nitrogens with one attached hydrogen (secondary N) is 2. The molecule has 0 radical (unpaired) electrons. The van der Waals surface area contributed by atoms with Crippen LogP contribution < -0.4 is 10.6 Å². The zero-order valence-corrected chi connectivity index (χ0v) is 13.0. The van der Waals surface area contributed by atoms with Gasteiger partial charge in [-0.2, -0.15) is 5.10 Å². The predicted molar refractivity (Wildman–Crippen MR) is 83.6 cm³/mol. The Balaban J connectivity index is 2.12. The molecule has 2 rings (SSSR count). The fourth-order valence-corrected chi connectivity index (χ4v) is 2.20. The Morgan fingerprint density at radius 3 is 2.50 bits per heavy atom. The number of hydrogen-bond donors (Lipinski definition) is 2. The van der Waals surface area contributed by atoms with Crippen LogP contribution in [0.25, 0.3) is 0 Å². The van der Waals surface area contributed by atoms with Crippen LogP contribution in [-0.2, 0) is 13.6 Å². The normalized spacial score (nSPS) is 10.6. The number of anilines is 2. The fourth-order valence-electron chi connectivity index (χ4n) is 1.71. The highest BCUT2D eigenvalue weighted by Crippen LogP contribution is 2.29. The maximum absolute atomic E-state index is 6.16. The van der Waals surface area contributed by atoms with Crippen molar-refractivity contribution in [1.82, 2.24) is 14.8 Å². The van der Waals surface area contributed by atoms with Crippen molar-refractivity contribution in [2.75, 3.05) is 17.2 Å². The Labute approximate surface area is 128 Å². The van der Waals surface area contributed by atoms with E-state index in [-0.39, 0.29) is 0 Å². The van der Waals surface area contributed by atoms with Crippen LogP contribution in [0.2, 0.25) is 10.0 Å². The molecule has 5 nitrogen and oxygen atoms in total. The van der Waals surface area contributed by atoms with Gasteiger partial charge in [0.15, 0.2) is 0 Å². The Hall–Kier alpha value is -1.46. The van der Waals surface area contributed by atoms with Crippen molar-refractivity contribution in [2.24, 2.45) is 7.05 Å². The van der Waals surface area contributed by atoms with Gasteiger partial charge in [-0.05, 0) is 18.6 Å². The van der Waals surface area contributed by atoms with Crippen LogP contribution in [0, 0.1) is 0 Å². The number of halogens is 2. The highest BCUT2D eigenvalue weighted by atomic mass is 35.5. The first-order chi connectivity index (χ1) is 9.61. The molecule has 2 heterocycles. The molecule has 108 valence electrons. The van der Waals surface area contributed by atoms with Gasteiger partial charge < -0.3 is 10.6 Å². The van der Waals surface area contributed by atoms with Gasteiger partial charge in [0.05, 0.1) is 22.3 Å². The second kappa shape index (κ2) is 6.81. The molecule has 0 spiro atoms. The average Bonchev–Trinajstić information content (AvgIpc) is 2.82. The van der Waals surface area contributed by atoms with Crippen molar-refractivity contribution in [2.45, 2.75) is 19.9 Å². The van der Waals surface area contributed by atoms with E-state index >= 15 is 0 Å². The Kier molecular flexibility index (Phi) is 5.09. The van der Waals surface area contributed by atoms with Gasteiger partial charge in [0.2, 0.25) is 0 Å². The summed E-state index contributed by atoms with van der Waals surface area (Å²) in [5.41, 5.74) is 1.04. The molecule has 2 aromatic heterocycles. The molecular formula is C13H17Cl2N5. The first kappa shape index (κ1) is 14.9. The summed E-state index contributed by atoms with van der Waals surface area (Å²) in [5, 5.41) is 11.5. The van der Waals surface area contributed by atoms with Gasteiger partial charge in [-0.3, -0.25) is 4.68 Å². The predicted octanol–water partition coefficient (Wildman–Crippen LogP) is 3.56. The SMILES string of the molecule is CCCNc1nc(NCc2ccnn2C)c(Cl)cc1Cl. The van der Waals surface area contributed by atoms with E-state index in [2.05, 4.69) is 27.6 Å². The number of rotatable bonds is 6. The van der Waals surface area contributed by atoms with Crippen molar-refractivity contribution in [3.05, 3.63) is 34.1 Å². The van der Waals surface area contributed by atoms with E-state index in [1.165, 1.54) is 0 Å². The fraction of sp³-hybridized carbons (Fsp3) is 0.385. The summed E-state index contributed by atoms with van der Waals surface area (Å²) in [7, 11) is 1.89. The quantitative estimate of drug-likeness (QED) is 0.856. The van der Waals surface area contributed by atoms with E-state index in [0.717, 1.165) is 18.7 Å². The summed E-state index contributed by atoms with van der Waals surface area (Å²) in [4.78, 5) is 4.42. The van der Waals surface area contributed by atoms with Gasteiger partial charge in [-0.1, -0.05) is 30.1 Å². The van der Waals surface area contributed by atoms with Crippen LogP contribution in [0.15, 0.2) is 18.3 Å². The lowest BCUT2D eigenvalue weighted by Gasteiger charge is -2.12. The summed E-state index contributed by atoms with van der Waals surface area (Å²) in [5.74, 6) is 1.25. The lowest BCUT2D eigenvalue weighted by molar-refractivity contribution is 0.720. The Morgan fingerprint density at radius 1 is 1.20 bits per heavy atom. The minimum absolute atomic E-state index is 0.499. The molecule has 0 saturated carbocycles. The van der Waals surface area contributed by atoms with Crippen molar-refractivity contribution in [1.29, 1.82) is 0 Å². The lowest BCUT2D eigenvalue weighted by Crippen LogP contribution is -2.09. The van der Waals surface area contributed by atoms with Gasteiger partial charge >= 0.3 is 0 Å². The summed E-state index contributed by atoms with van der Waals surface area (Å²) >= 11 is 12.3. The van der Waals surface area contributed by atoms with Gasteiger partial charge in [0.25, 0.3) is 0 Å². The Morgan fingerprint density at radius 2 is 1.90 bits per heavy atom. The topological polar surface area (TPSA) is 54.8 Å². The van der Waals surface area contributed by atoms with E-state index in [0.29, 0.717) is 28.2 Å². The standard InChI is InChI=1S/C13H17Cl2N5/c1-3-5-16-12-10(14)7-11(15)13(19-12)17-8-9-4-6-18-20(9)2/h4,6-7H,3,5,8H2,1-2H3,(H2,16,17,19). The van der Waals surface area contributed by atoms with Crippen LogP contribution in [-0.4, -0.2) is 21.3 Å². The smallest absolute Gasteiger partial charge is 0.147 e. The summed E-state index contributed by atoms with van der Waals surface area (Å²) in [6, 6.07) is 3.63. The molecule has 0 aliphatic rings. The minimum Gasteiger partial charge on any atom is -0.369 e. The van der Waals surface area contributed by atoms with Crippen molar-refractivity contribution in [3.63, 3.8) is 0 Å². The summed E-state index contributed by atoms with van der Waals surface area (Å²) < 4.78 is 1.80. The summed E-state index contributed by atoms with van der Waals surface area (Å²) in [6.45, 7) is 3.49. The van der Waals surface area contributed by atoms with E-state index < -0.39 is 0 Å². The van der Waals surface area contributed by atoms with Crippen LogP contribution in [0.3, 0.4) is 0 Å². The molecule has 7 heteroatoms. The zero-order chi connectivity index (χ0) is 14.5. The molecule has 0 aliphatic carbocycles. The lowest BCUT2D eigenvalue weighted by atomic mass is 10.3. The van der Waals surface area contributed by atoms with Crippen molar-refractivity contribution < 1.29 is 0 Å². The molecule has 0 aromatic carbocycles. The molecule has 0 aliphatic heterocycles. The van der Waals surface area contributed by atoms with E-state index in [1.807, 2.05) is 13.1 Å². The Bertz CT molecular complexity index is 582. The minimum atomic E-state index is 0.499. The molecule has 0 fully saturated rings. The number of nitrogens with zero attached hydrogens (tertiary/aromatic N) is 3. The zero-order valence-electron chi connectivity index (χ0n) is 11.5. The van der Waals surface area contributed by atoms with Crippen molar-refractivity contribution in [3.8, 4) is 0 Å². The third-order valence-corrected chi connectivity index (χ3v) is 3.41. The molecule has 2 N–H and O–H groups in total. The highest BCUT2D eigenvalue weighted by Gasteiger charge is 2.09. The van der Waals surface area contributed by atoms with Crippen molar-refractivity contribution >= 4 is 34.8 Å². The van der Waals surface area contributed by atoms with Gasteiger partial charge in [0.1, 0.15) is 11.6 Å². The first-order valence-corrected chi connectivity index (χ1v) is 7.18. The number of aryl methyl sites for hydroxylation is 1. The van der Waals surface area contributed by atoms with Crippen LogP contribution >= 0.6 is 23.2 Å². The molecule has 0 atom stereocenters. The maximum atomic E-state index is 6.16. The molecular weight excluding hydrogens is 297 g/mol. The monoisotopic (exact) mass is 313 g/mol. The maximum Gasteiger partial charge on any atom is 0.147 e. The van der Waals surface area contributed by atoms with Gasteiger partial charge in [-0.15, -0.1) is 0 Å². The van der Waals surface area contributed by atoms with Gasteiger partial charge in [-0.25, -0.2) is 4.98 Å². The van der Waals surface area contributed by atoms with E-state index in [1.54, 1.807) is 16.9 Å². The molecule has 0 amide bonds. The molecule has 0 unspecified atom stereocenters. The highest BCUT2D eigenvalue weighted by molar-refractivity contribution is 6.37. The van der Waals surface area contributed by atoms with E-state index in [4.69, 9.17) is 23.2 Å². The molecule has 0 bridgehead atoms. The van der Waals surface area contributed by atoms with E-state index in [9.17, 15) is 0 Å². The van der Waals surface area contributed by atoms with Crippen LogP contribution in [0.1, 0.15) is 19.0 Å². The third kappa shape index (κ3) is 3.55. The average molecular weight is 314 g/mol. The van der Waals surface area contributed by atoms with Crippen LogP contribution in [0.4, 0.5) is 11.6 Å². The number of pyridine rings is 1. The largest absolute Gasteiger partial charge is 0.369 e. The molecule has 20 heavy (non-hydrogen) atoms. The number of aromatic nitrogens is 3. The molecule has 0 saturated heterocycles. The second-order valence-electron chi connectivity index (χ2n) is 4.38. The number of hydrogen-bond acceptors (Lipinski definition) is 4. The first-order valence-electron chi connectivity index (χ1n) is 6.42. The summed E-state index contributed by atoms with van der Waals surface area (Å²) in [6.07, 6.45) is 2.75. The van der Waals surface area contributed by atoms with Crippen LogP contribution in [0.5, 0.6) is 0 Å².